The van der Waals surface area contributed by atoms with E-state index in [1.165, 1.54) is 0 Å². The molecule has 17 heavy (non-hydrogen) atoms. The van der Waals surface area contributed by atoms with Crippen molar-refractivity contribution in [3.05, 3.63) is 23.3 Å². The highest BCUT2D eigenvalue weighted by Gasteiger charge is 2.12. The van der Waals surface area contributed by atoms with Gasteiger partial charge < -0.3 is 19.0 Å². The predicted molar refractivity (Wildman–Crippen MR) is 64.1 cm³/mol. The zero-order chi connectivity index (χ0) is 12.7. The van der Waals surface area contributed by atoms with Crippen molar-refractivity contribution in [2.24, 2.45) is 5.90 Å². The number of hydrogen-bond acceptors (Lipinski definition) is 5. The second-order valence-electron chi connectivity index (χ2n) is 3.53. The highest BCUT2D eigenvalue weighted by atomic mass is 16.6. The van der Waals surface area contributed by atoms with Gasteiger partial charge >= 0.3 is 0 Å². The summed E-state index contributed by atoms with van der Waals surface area (Å²) >= 11 is 0. The average Bonchev–Trinajstić information content (AvgIpc) is 2.37. The topological polar surface area (TPSA) is 62.9 Å². The molecule has 0 spiro atoms. The second-order valence-corrected chi connectivity index (χ2v) is 3.53. The summed E-state index contributed by atoms with van der Waals surface area (Å²) in [6.07, 6.45) is 0.705. The molecule has 0 bridgehead atoms. The van der Waals surface area contributed by atoms with Crippen LogP contribution in [0.3, 0.4) is 0 Å². The monoisotopic (exact) mass is 241 g/mol. The van der Waals surface area contributed by atoms with Gasteiger partial charge in [0, 0.05) is 7.11 Å². The van der Waals surface area contributed by atoms with E-state index in [9.17, 15) is 0 Å². The van der Waals surface area contributed by atoms with Gasteiger partial charge in [0.1, 0.15) is 11.5 Å². The van der Waals surface area contributed by atoms with E-state index in [2.05, 4.69) is 4.84 Å². The quantitative estimate of drug-likeness (QED) is 0.729. The fraction of sp³-hybridized carbons (Fsp3) is 0.500. The maximum absolute atomic E-state index is 5.33. The Balaban J connectivity index is 3.05. The summed E-state index contributed by atoms with van der Waals surface area (Å²) in [5, 5.41) is 0. The molecule has 96 valence electrons. The minimum absolute atomic E-state index is 0.444. The largest absolute Gasteiger partial charge is 0.496 e. The molecule has 1 aromatic rings. The average molecular weight is 241 g/mol. The van der Waals surface area contributed by atoms with E-state index in [4.69, 9.17) is 20.1 Å². The lowest BCUT2D eigenvalue weighted by Crippen LogP contribution is -2.05. The van der Waals surface area contributed by atoms with Gasteiger partial charge in [0.2, 0.25) is 0 Å². The second kappa shape index (κ2) is 7.11. The molecule has 1 rings (SSSR count). The van der Waals surface area contributed by atoms with Crippen LogP contribution in [0.1, 0.15) is 11.1 Å². The predicted octanol–water partition coefficient (Wildman–Crippen LogP) is 1.28. The summed E-state index contributed by atoms with van der Waals surface area (Å²) in [6, 6.07) is 3.88. The third kappa shape index (κ3) is 3.59. The molecule has 0 aliphatic rings. The molecule has 1 aromatic carbocycles. The molecular formula is C12H19NO4. The minimum Gasteiger partial charge on any atom is -0.496 e. The molecule has 0 amide bonds. The fourth-order valence-corrected chi connectivity index (χ4v) is 1.65. The Bertz CT molecular complexity index is 329. The lowest BCUT2D eigenvalue weighted by atomic mass is 10.1. The normalized spacial score (nSPS) is 10.4. The molecule has 0 saturated heterocycles. The van der Waals surface area contributed by atoms with Crippen LogP contribution in [-0.4, -0.2) is 27.9 Å². The molecule has 2 N–H and O–H groups in total. The van der Waals surface area contributed by atoms with Gasteiger partial charge in [-0.15, -0.1) is 0 Å². The summed E-state index contributed by atoms with van der Waals surface area (Å²) in [7, 11) is 4.88. The maximum atomic E-state index is 5.33. The Morgan fingerprint density at radius 2 is 1.65 bits per heavy atom. The first-order valence-electron chi connectivity index (χ1n) is 5.31. The number of benzene rings is 1. The number of rotatable bonds is 7. The molecule has 0 aliphatic heterocycles. The van der Waals surface area contributed by atoms with Crippen molar-refractivity contribution in [1.82, 2.24) is 0 Å². The lowest BCUT2D eigenvalue weighted by molar-refractivity contribution is 0.141. The van der Waals surface area contributed by atoms with E-state index < -0.39 is 0 Å². The van der Waals surface area contributed by atoms with Gasteiger partial charge in [-0.05, 0) is 24.1 Å². The van der Waals surface area contributed by atoms with Crippen molar-refractivity contribution in [3.8, 4) is 11.5 Å². The number of methoxy groups -OCH3 is 3. The molecule has 0 fully saturated rings. The van der Waals surface area contributed by atoms with E-state index in [0.717, 1.165) is 22.6 Å². The van der Waals surface area contributed by atoms with E-state index >= 15 is 0 Å². The van der Waals surface area contributed by atoms with Crippen LogP contribution in [0.5, 0.6) is 11.5 Å². The smallest absolute Gasteiger partial charge is 0.128 e. The van der Waals surface area contributed by atoms with E-state index in [1.54, 1.807) is 21.3 Å². The Morgan fingerprint density at radius 1 is 1.06 bits per heavy atom. The van der Waals surface area contributed by atoms with Gasteiger partial charge in [-0.3, -0.25) is 0 Å². The zero-order valence-electron chi connectivity index (χ0n) is 10.5. The van der Waals surface area contributed by atoms with E-state index in [0.29, 0.717) is 19.6 Å². The van der Waals surface area contributed by atoms with Crippen LogP contribution in [-0.2, 0) is 22.6 Å². The third-order valence-corrected chi connectivity index (χ3v) is 2.46. The van der Waals surface area contributed by atoms with Gasteiger partial charge in [-0.25, -0.2) is 5.90 Å². The van der Waals surface area contributed by atoms with Gasteiger partial charge in [0.15, 0.2) is 0 Å². The van der Waals surface area contributed by atoms with Crippen molar-refractivity contribution in [2.45, 2.75) is 13.0 Å². The molecular weight excluding hydrogens is 222 g/mol. The standard InChI is InChI=1S/C12H19NO4/c1-14-8-10-11(15-2)6-9(4-5-17-13)7-12(10)16-3/h6-7H,4-5,8,13H2,1-3H3. The minimum atomic E-state index is 0.444. The highest BCUT2D eigenvalue weighted by molar-refractivity contribution is 5.48. The van der Waals surface area contributed by atoms with Crippen LogP contribution >= 0.6 is 0 Å². The number of hydrogen-bond donors (Lipinski definition) is 1. The number of ether oxygens (including phenoxy) is 3. The van der Waals surface area contributed by atoms with E-state index in [-0.39, 0.29) is 0 Å². The van der Waals surface area contributed by atoms with Crippen molar-refractivity contribution in [1.29, 1.82) is 0 Å². The molecule has 5 heteroatoms. The molecule has 0 aromatic heterocycles. The summed E-state index contributed by atoms with van der Waals surface area (Å²) in [4.78, 5) is 4.56. The Morgan fingerprint density at radius 3 is 2.06 bits per heavy atom. The molecule has 0 saturated carbocycles. The van der Waals surface area contributed by atoms with Crippen LogP contribution in [0.25, 0.3) is 0 Å². The first-order chi connectivity index (χ1) is 8.26. The first-order valence-corrected chi connectivity index (χ1v) is 5.31. The molecule has 0 aliphatic carbocycles. The zero-order valence-corrected chi connectivity index (χ0v) is 10.5. The van der Waals surface area contributed by atoms with Crippen molar-refractivity contribution in [3.63, 3.8) is 0 Å². The summed E-state index contributed by atoms with van der Waals surface area (Å²) in [5.74, 6) is 6.51. The number of nitrogens with two attached hydrogens (primary N) is 1. The fourth-order valence-electron chi connectivity index (χ4n) is 1.65. The molecule has 0 atom stereocenters. The Hall–Kier alpha value is -1.30. The van der Waals surface area contributed by atoms with Crippen LogP contribution < -0.4 is 15.4 Å². The molecule has 0 heterocycles. The van der Waals surface area contributed by atoms with Gasteiger partial charge in [-0.1, -0.05) is 0 Å². The van der Waals surface area contributed by atoms with Crippen LogP contribution in [0.4, 0.5) is 0 Å². The van der Waals surface area contributed by atoms with Crippen molar-refractivity contribution < 1.29 is 19.0 Å². The highest BCUT2D eigenvalue weighted by Crippen LogP contribution is 2.31. The summed E-state index contributed by atoms with van der Waals surface area (Å²) in [5.41, 5.74) is 1.94. The Labute approximate surface area is 101 Å². The van der Waals surface area contributed by atoms with E-state index in [1.807, 2.05) is 12.1 Å². The Kier molecular flexibility index (Phi) is 5.76. The SMILES string of the molecule is COCc1c(OC)cc(CCON)cc1OC. The summed E-state index contributed by atoms with van der Waals surface area (Å²) < 4.78 is 15.8. The van der Waals surface area contributed by atoms with Crippen LogP contribution in [0, 0.1) is 0 Å². The third-order valence-electron chi connectivity index (χ3n) is 2.46. The molecule has 0 radical (unpaired) electrons. The van der Waals surface area contributed by atoms with Crippen LogP contribution in [0.2, 0.25) is 0 Å². The van der Waals surface area contributed by atoms with Crippen molar-refractivity contribution in [2.75, 3.05) is 27.9 Å². The lowest BCUT2D eigenvalue weighted by Gasteiger charge is -2.14. The van der Waals surface area contributed by atoms with Crippen LogP contribution in [0.15, 0.2) is 12.1 Å². The van der Waals surface area contributed by atoms with Gasteiger partial charge in [0.25, 0.3) is 0 Å². The molecule has 0 unspecified atom stereocenters. The maximum Gasteiger partial charge on any atom is 0.128 e. The first kappa shape index (κ1) is 13.8. The van der Waals surface area contributed by atoms with Crippen molar-refractivity contribution >= 4 is 0 Å². The molecule has 5 nitrogen and oxygen atoms in total. The van der Waals surface area contributed by atoms with Gasteiger partial charge in [0.05, 0.1) is 33.0 Å². The summed E-state index contributed by atoms with van der Waals surface area (Å²) in [6.45, 7) is 0.899. The van der Waals surface area contributed by atoms with Gasteiger partial charge in [-0.2, -0.15) is 0 Å².